The van der Waals surface area contributed by atoms with E-state index in [0.717, 1.165) is 19.3 Å². The van der Waals surface area contributed by atoms with Crippen LogP contribution in [0.1, 0.15) is 60.3 Å². The lowest BCUT2D eigenvalue weighted by atomic mass is 9.76. The van der Waals surface area contributed by atoms with E-state index in [4.69, 9.17) is 5.73 Å². The zero-order chi connectivity index (χ0) is 16.6. The normalized spacial score (nSPS) is 16.1. The van der Waals surface area contributed by atoms with Crippen LogP contribution in [0, 0.1) is 17.3 Å². The maximum Gasteiger partial charge on any atom is 0.326 e. The molecule has 0 heterocycles. The number of carbonyl (C=O) groups is 2. The van der Waals surface area contributed by atoms with Crippen molar-refractivity contribution in [3.8, 4) is 0 Å². The van der Waals surface area contributed by atoms with E-state index in [2.05, 4.69) is 26.1 Å². The zero-order valence-electron chi connectivity index (χ0n) is 14.1. The van der Waals surface area contributed by atoms with Gasteiger partial charge in [0.2, 0.25) is 5.91 Å². The summed E-state index contributed by atoms with van der Waals surface area (Å²) in [6.07, 6.45) is 2.68. The van der Waals surface area contributed by atoms with Crippen LogP contribution in [0.2, 0.25) is 0 Å². The Bertz CT molecular complexity index is 337. The third kappa shape index (κ3) is 7.46. The lowest BCUT2D eigenvalue weighted by Gasteiger charge is -2.30. The van der Waals surface area contributed by atoms with Gasteiger partial charge in [-0.1, -0.05) is 41.0 Å². The van der Waals surface area contributed by atoms with Gasteiger partial charge in [0.1, 0.15) is 6.04 Å². The number of carboxylic acids is 1. The van der Waals surface area contributed by atoms with E-state index in [-0.39, 0.29) is 17.2 Å². The highest BCUT2D eigenvalue weighted by molar-refractivity contribution is 5.83. The average molecular weight is 300 g/mol. The zero-order valence-corrected chi connectivity index (χ0v) is 14.1. The molecule has 0 fully saturated rings. The molecule has 0 saturated heterocycles. The van der Waals surface area contributed by atoms with Crippen molar-refractivity contribution in [3.05, 3.63) is 0 Å². The first-order valence-electron chi connectivity index (χ1n) is 7.85. The van der Waals surface area contributed by atoms with Gasteiger partial charge in [-0.05, 0) is 36.6 Å². The third-order valence-electron chi connectivity index (χ3n) is 4.26. The van der Waals surface area contributed by atoms with Crippen LogP contribution in [-0.2, 0) is 9.59 Å². The predicted molar refractivity (Wildman–Crippen MR) is 84.9 cm³/mol. The van der Waals surface area contributed by atoms with Crippen LogP contribution < -0.4 is 11.1 Å². The molecule has 124 valence electrons. The predicted octanol–water partition coefficient (Wildman–Crippen LogP) is 2.39. The molecule has 1 amide bonds. The maximum absolute atomic E-state index is 12.0. The van der Waals surface area contributed by atoms with Gasteiger partial charge >= 0.3 is 5.97 Å². The summed E-state index contributed by atoms with van der Waals surface area (Å²) < 4.78 is 0. The van der Waals surface area contributed by atoms with Crippen LogP contribution >= 0.6 is 0 Å². The van der Waals surface area contributed by atoms with E-state index >= 15 is 0 Å². The Balaban J connectivity index is 4.50. The molecule has 1 unspecified atom stereocenters. The van der Waals surface area contributed by atoms with Crippen LogP contribution in [0.4, 0.5) is 0 Å². The van der Waals surface area contributed by atoms with Gasteiger partial charge in [-0.2, -0.15) is 0 Å². The average Bonchev–Trinajstić information content (AvgIpc) is 2.38. The molecule has 0 aliphatic rings. The van der Waals surface area contributed by atoms with Crippen molar-refractivity contribution in [3.63, 3.8) is 0 Å². The Hall–Kier alpha value is -1.10. The minimum atomic E-state index is -0.966. The highest BCUT2D eigenvalue weighted by Gasteiger charge is 2.27. The fraction of sp³-hybridized carbons (Fsp3) is 0.875. The summed E-state index contributed by atoms with van der Waals surface area (Å²) in [7, 11) is 0. The van der Waals surface area contributed by atoms with Crippen molar-refractivity contribution in [1.29, 1.82) is 0 Å². The lowest BCUT2D eigenvalue weighted by molar-refractivity contribution is -0.143. The monoisotopic (exact) mass is 300 g/mol. The standard InChI is InChI=1S/C16H32N2O3/c1-6-11(2)14(15(20)21)18-13(19)8-7-12(9-10-17)16(3,4)5/h11-12,14H,6-10,17H2,1-5H3,(H,18,19)(H,20,21)/t11-,12?,14-/m0/s1. The molecule has 21 heavy (non-hydrogen) atoms. The van der Waals surface area contributed by atoms with Gasteiger partial charge in [0.25, 0.3) is 0 Å². The largest absolute Gasteiger partial charge is 0.480 e. The van der Waals surface area contributed by atoms with E-state index in [9.17, 15) is 14.7 Å². The van der Waals surface area contributed by atoms with Crippen LogP contribution in [-0.4, -0.2) is 29.6 Å². The third-order valence-corrected chi connectivity index (χ3v) is 4.26. The van der Waals surface area contributed by atoms with Gasteiger partial charge in [-0.3, -0.25) is 4.79 Å². The van der Waals surface area contributed by atoms with Gasteiger partial charge < -0.3 is 16.2 Å². The summed E-state index contributed by atoms with van der Waals surface area (Å²) >= 11 is 0. The second kappa shape index (κ2) is 9.03. The van der Waals surface area contributed by atoms with Crippen molar-refractivity contribution in [2.24, 2.45) is 23.0 Å². The van der Waals surface area contributed by atoms with Gasteiger partial charge in [0, 0.05) is 6.42 Å². The van der Waals surface area contributed by atoms with Crippen LogP contribution in [0.25, 0.3) is 0 Å². The van der Waals surface area contributed by atoms with Crippen LogP contribution in [0.15, 0.2) is 0 Å². The molecule has 0 aromatic heterocycles. The van der Waals surface area contributed by atoms with E-state index in [1.54, 1.807) is 0 Å². The first-order valence-corrected chi connectivity index (χ1v) is 7.85. The minimum Gasteiger partial charge on any atom is -0.480 e. The van der Waals surface area contributed by atoms with Crippen LogP contribution in [0.5, 0.6) is 0 Å². The van der Waals surface area contributed by atoms with E-state index in [1.807, 2.05) is 13.8 Å². The van der Waals surface area contributed by atoms with Gasteiger partial charge in [0.05, 0.1) is 0 Å². The molecular formula is C16H32N2O3. The van der Waals surface area contributed by atoms with Crippen LogP contribution in [0.3, 0.4) is 0 Å². The molecule has 0 spiro atoms. The number of carboxylic acid groups (broad SMARTS) is 1. The Morgan fingerprint density at radius 2 is 1.81 bits per heavy atom. The summed E-state index contributed by atoms with van der Waals surface area (Å²) in [5.41, 5.74) is 5.73. The second-order valence-electron chi connectivity index (χ2n) is 6.95. The second-order valence-corrected chi connectivity index (χ2v) is 6.95. The molecule has 4 N–H and O–H groups in total. The smallest absolute Gasteiger partial charge is 0.326 e. The van der Waals surface area contributed by atoms with Crippen molar-refractivity contribution in [1.82, 2.24) is 5.32 Å². The highest BCUT2D eigenvalue weighted by Crippen LogP contribution is 2.32. The van der Waals surface area contributed by atoms with E-state index < -0.39 is 12.0 Å². The molecule has 0 bridgehead atoms. The minimum absolute atomic E-state index is 0.0751. The Kier molecular flexibility index (Phi) is 8.55. The molecule has 5 nitrogen and oxygen atoms in total. The van der Waals surface area contributed by atoms with E-state index in [1.165, 1.54) is 0 Å². The number of nitrogens with one attached hydrogen (secondary N) is 1. The lowest BCUT2D eigenvalue weighted by Crippen LogP contribution is -2.45. The number of rotatable bonds is 9. The van der Waals surface area contributed by atoms with Crippen molar-refractivity contribution >= 4 is 11.9 Å². The first-order chi connectivity index (χ1) is 9.63. The van der Waals surface area contributed by atoms with E-state index in [0.29, 0.717) is 18.9 Å². The molecular weight excluding hydrogens is 268 g/mol. The highest BCUT2D eigenvalue weighted by atomic mass is 16.4. The molecule has 0 aliphatic carbocycles. The Morgan fingerprint density at radius 1 is 1.24 bits per heavy atom. The van der Waals surface area contributed by atoms with Crippen molar-refractivity contribution < 1.29 is 14.7 Å². The molecule has 3 atom stereocenters. The molecule has 0 aromatic carbocycles. The summed E-state index contributed by atoms with van der Waals surface area (Å²) in [6.45, 7) is 10.8. The fourth-order valence-corrected chi connectivity index (χ4v) is 2.45. The van der Waals surface area contributed by atoms with Gasteiger partial charge in [-0.15, -0.1) is 0 Å². The number of aliphatic carboxylic acids is 1. The molecule has 0 rings (SSSR count). The first kappa shape index (κ1) is 19.9. The summed E-state index contributed by atoms with van der Waals surface area (Å²) in [4.78, 5) is 23.2. The molecule has 5 heteroatoms. The maximum atomic E-state index is 12.0. The SMILES string of the molecule is CC[C@H](C)[C@H](NC(=O)CCC(CCN)C(C)(C)C)C(=O)O. The molecule has 0 saturated carbocycles. The molecule has 0 radical (unpaired) electrons. The molecule has 0 aliphatic heterocycles. The number of carbonyl (C=O) groups excluding carboxylic acids is 1. The summed E-state index contributed by atoms with van der Waals surface area (Å²) in [5.74, 6) is -0.866. The van der Waals surface area contributed by atoms with Gasteiger partial charge in [-0.25, -0.2) is 4.79 Å². The number of nitrogens with two attached hydrogens (primary N) is 1. The topological polar surface area (TPSA) is 92.4 Å². The Morgan fingerprint density at radius 3 is 2.19 bits per heavy atom. The number of amides is 1. The summed E-state index contributed by atoms with van der Waals surface area (Å²) in [6, 6.07) is -0.801. The Labute approximate surface area is 128 Å². The number of hydrogen-bond donors (Lipinski definition) is 3. The molecule has 0 aromatic rings. The quantitative estimate of drug-likeness (QED) is 0.609. The van der Waals surface area contributed by atoms with Gasteiger partial charge in [0.15, 0.2) is 0 Å². The van der Waals surface area contributed by atoms with Crippen molar-refractivity contribution in [2.45, 2.75) is 66.3 Å². The number of hydrogen-bond acceptors (Lipinski definition) is 3. The summed E-state index contributed by atoms with van der Waals surface area (Å²) in [5, 5.41) is 11.8. The fourth-order valence-electron chi connectivity index (χ4n) is 2.45. The van der Waals surface area contributed by atoms with Crippen molar-refractivity contribution in [2.75, 3.05) is 6.54 Å².